The summed E-state index contributed by atoms with van der Waals surface area (Å²) in [6.45, 7) is 2.87. The number of ether oxygens (including phenoxy) is 1. The number of hydrogen-bond acceptors (Lipinski definition) is 2. The number of carbonyl (C=O) groups excluding carboxylic acids is 1. The van der Waals surface area contributed by atoms with E-state index in [0.717, 1.165) is 41.6 Å². The fraction of sp³-hybridized carbons (Fsp3) is 0.400. The second-order valence-corrected chi connectivity index (χ2v) is 5.13. The fourth-order valence-corrected chi connectivity index (χ4v) is 2.03. The third kappa shape index (κ3) is 5.92. The first-order valence-electron chi connectivity index (χ1n) is 6.46. The molecule has 0 saturated carbocycles. The summed E-state index contributed by atoms with van der Waals surface area (Å²) in [6.07, 6.45) is 6.62. The molecule has 1 aromatic rings. The lowest BCUT2D eigenvalue weighted by Crippen LogP contribution is -2.21. The molecule has 1 N–H and O–H groups in total. The van der Waals surface area contributed by atoms with Gasteiger partial charge >= 0.3 is 0 Å². The summed E-state index contributed by atoms with van der Waals surface area (Å²) in [5.41, 5.74) is 0.876. The van der Waals surface area contributed by atoms with Crippen LogP contribution in [0.4, 0.5) is 0 Å². The van der Waals surface area contributed by atoms with Gasteiger partial charge in [0.15, 0.2) is 0 Å². The summed E-state index contributed by atoms with van der Waals surface area (Å²) < 4.78 is 6.20. The third-order valence-electron chi connectivity index (χ3n) is 2.69. The number of carbonyl (C=O) groups is 1. The molecular formula is C15H20BrNO2. The van der Waals surface area contributed by atoms with Crippen LogP contribution >= 0.6 is 15.9 Å². The molecule has 0 aliphatic rings. The maximum atomic E-state index is 11.6. The van der Waals surface area contributed by atoms with Crippen LogP contribution in [0.1, 0.15) is 31.7 Å². The molecular weight excluding hydrogens is 306 g/mol. The highest BCUT2D eigenvalue weighted by molar-refractivity contribution is 9.10. The first-order chi connectivity index (χ1) is 9.17. The zero-order chi connectivity index (χ0) is 14.1. The highest BCUT2D eigenvalue weighted by Crippen LogP contribution is 2.23. The van der Waals surface area contributed by atoms with E-state index in [4.69, 9.17) is 4.74 Å². The van der Waals surface area contributed by atoms with Gasteiger partial charge in [0, 0.05) is 22.7 Å². The average Bonchev–Trinajstić information content (AvgIpc) is 2.41. The summed E-state index contributed by atoms with van der Waals surface area (Å²) in [4.78, 5) is 11.6. The van der Waals surface area contributed by atoms with Gasteiger partial charge in [-0.25, -0.2) is 0 Å². The molecule has 1 rings (SSSR count). The van der Waals surface area contributed by atoms with Crippen LogP contribution in [0.25, 0.3) is 6.08 Å². The van der Waals surface area contributed by atoms with E-state index in [1.807, 2.05) is 18.2 Å². The van der Waals surface area contributed by atoms with E-state index in [1.54, 1.807) is 13.2 Å². The lowest BCUT2D eigenvalue weighted by Gasteiger charge is -2.05. The quantitative estimate of drug-likeness (QED) is 0.612. The van der Waals surface area contributed by atoms with Crippen LogP contribution in [0, 0.1) is 0 Å². The van der Waals surface area contributed by atoms with Gasteiger partial charge in [-0.2, -0.15) is 0 Å². The fourth-order valence-electron chi connectivity index (χ4n) is 1.65. The van der Waals surface area contributed by atoms with E-state index in [1.165, 1.54) is 6.08 Å². The van der Waals surface area contributed by atoms with Crippen molar-refractivity contribution in [3.8, 4) is 5.75 Å². The van der Waals surface area contributed by atoms with Crippen molar-refractivity contribution in [3.63, 3.8) is 0 Å². The Morgan fingerprint density at radius 2 is 2.21 bits per heavy atom. The molecule has 1 amide bonds. The molecule has 0 aliphatic heterocycles. The predicted molar refractivity (Wildman–Crippen MR) is 82.3 cm³/mol. The first-order valence-corrected chi connectivity index (χ1v) is 7.26. The summed E-state index contributed by atoms with van der Waals surface area (Å²) in [5, 5.41) is 2.86. The van der Waals surface area contributed by atoms with Gasteiger partial charge in [-0.1, -0.05) is 35.7 Å². The number of rotatable bonds is 7. The number of nitrogens with one attached hydrogen (secondary N) is 1. The second kappa shape index (κ2) is 8.75. The Kier molecular flexibility index (Phi) is 7.26. The second-order valence-electron chi connectivity index (χ2n) is 4.22. The van der Waals surface area contributed by atoms with Crippen LogP contribution in [-0.2, 0) is 4.79 Å². The molecule has 0 atom stereocenters. The summed E-state index contributed by atoms with van der Waals surface area (Å²) in [6, 6.07) is 5.68. The van der Waals surface area contributed by atoms with Gasteiger partial charge in [0.05, 0.1) is 7.11 Å². The predicted octanol–water partition coefficient (Wildman–Crippen LogP) is 3.78. The maximum Gasteiger partial charge on any atom is 0.244 e. The lowest BCUT2D eigenvalue weighted by atomic mass is 10.2. The van der Waals surface area contributed by atoms with Crippen molar-refractivity contribution in [2.45, 2.75) is 26.2 Å². The van der Waals surface area contributed by atoms with E-state index in [9.17, 15) is 4.79 Å². The highest BCUT2D eigenvalue weighted by Gasteiger charge is 2.01. The van der Waals surface area contributed by atoms with E-state index < -0.39 is 0 Å². The van der Waals surface area contributed by atoms with Crippen LogP contribution in [0.5, 0.6) is 5.75 Å². The number of halogens is 1. The first kappa shape index (κ1) is 15.8. The molecule has 0 radical (unpaired) electrons. The minimum absolute atomic E-state index is 0.0712. The molecule has 1 aromatic carbocycles. The smallest absolute Gasteiger partial charge is 0.244 e. The van der Waals surface area contributed by atoms with Gasteiger partial charge in [0.1, 0.15) is 5.75 Å². The van der Waals surface area contributed by atoms with Crippen molar-refractivity contribution >= 4 is 27.9 Å². The number of methoxy groups -OCH3 is 1. The van der Waals surface area contributed by atoms with Gasteiger partial charge in [-0.05, 0) is 30.7 Å². The van der Waals surface area contributed by atoms with Crippen molar-refractivity contribution in [1.82, 2.24) is 5.32 Å². The Balaban J connectivity index is 2.55. The van der Waals surface area contributed by atoms with E-state index in [-0.39, 0.29) is 5.91 Å². The Bertz CT molecular complexity index is 444. The van der Waals surface area contributed by atoms with Gasteiger partial charge in [-0.3, -0.25) is 4.79 Å². The number of unbranched alkanes of at least 4 members (excludes halogenated alkanes) is 2. The Morgan fingerprint density at radius 3 is 2.89 bits per heavy atom. The molecule has 0 saturated heterocycles. The number of amides is 1. The van der Waals surface area contributed by atoms with Crippen LogP contribution in [0.2, 0.25) is 0 Å². The van der Waals surface area contributed by atoms with E-state index in [0.29, 0.717) is 0 Å². The molecule has 0 fully saturated rings. The molecule has 0 unspecified atom stereocenters. The van der Waals surface area contributed by atoms with Gasteiger partial charge < -0.3 is 10.1 Å². The molecule has 3 nitrogen and oxygen atoms in total. The largest absolute Gasteiger partial charge is 0.496 e. The zero-order valence-corrected chi connectivity index (χ0v) is 13.0. The zero-order valence-electron chi connectivity index (χ0n) is 11.4. The number of benzene rings is 1. The van der Waals surface area contributed by atoms with Crippen molar-refractivity contribution in [2.75, 3.05) is 13.7 Å². The minimum atomic E-state index is -0.0712. The normalized spacial score (nSPS) is 10.7. The van der Waals surface area contributed by atoms with Crippen molar-refractivity contribution in [2.24, 2.45) is 0 Å². The van der Waals surface area contributed by atoms with Gasteiger partial charge in [0.2, 0.25) is 5.91 Å². The summed E-state index contributed by atoms with van der Waals surface area (Å²) in [5.74, 6) is 0.677. The van der Waals surface area contributed by atoms with Crippen molar-refractivity contribution in [1.29, 1.82) is 0 Å². The molecule has 0 bridgehead atoms. The van der Waals surface area contributed by atoms with Crippen LogP contribution < -0.4 is 10.1 Å². The highest BCUT2D eigenvalue weighted by atomic mass is 79.9. The molecule has 4 heteroatoms. The standard InChI is InChI=1S/C15H20BrNO2/c1-3-4-5-10-17-15(18)9-6-12-11-13(16)7-8-14(12)19-2/h6-9,11H,3-5,10H2,1-2H3,(H,17,18)/b9-6+. The summed E-state index contributed by atoms with van der Waals surface area (Å²) in [7, 11) is 1.62. The topological polar surface area (TPSA) is 38.3 Å². The van der Waals surface area contributed by atoms with Gasteiger partial charge in [0.25, 0.3) is 0 Å². The Labute approximate surface area is 123 Å². The lowest BCUT2D eigenvalue weighted by molar-refractivity contribution is -0.116. The molecule has 0 spiro atoms. The van der Waals surface area contributed by atoms with Crippen molar-refractivity contribution < 1.29 is 9.53 Å². The molecule has 19 heavy (non-hydrogen) atoms. The number of hydrogen-bond donors (Lipinski definition) is 1. The molecule has 0 heterocycles. The Hall–Kier alpha value is -1.29. The van der Waals surface area contributed by atoms with Crippen LogP contribution in [0.15, 0.2) is 28.7 Å². The Morgan fingerprint density at radius 1 is 1.42 bits per heavy atom. The SMILES string of the molecule is CCCCCNC(=O)/C=C/c1cc(Br)ccc1OC. The minimum Gasteiger partial charge on any atom is -0.496 e. The van der Waals surface area contributed by atoms with E-state index >= 15 is 0 Å². The maximum absolute atomic E-state index is 11.6. The third-order valence-corrected chi connectivity index (χ3v) is 3.18. The van der Waals surface area contributed by atoms with E-state index in [2.05, 4.69) is 28.2 Å². The molecule has 0 aliphatic carbocycles. The van der Waals surface area contributed by atoms with Crippen molar-refractivity contribution in [3.05, 3.63) is 34.3 Å². The summed E-state index contributed by atoms with van der Waals surface area (Å²) >= 11 is 3.40. The van der Waals surface area contributed by atoms with Gasteiger partial charge in [-0.15, -0.1) is 0 Å². The molecule has 104 valence electrons. The van der Waals surface area contributed by atoms with Crippen LogP contribution in [0.3, 0.4) is 0 Å². The van der Waals surface area contributed by atoms with Crippen LogP contribution in [-0.4, -0.2) is 19.6 Å². The average molecular weight is 326 g/mol. The monoisotopic (exact) mass is 325 g/mol. The molecule has 0 aromatic heterocycles.